The molecule has 0 radical (unpaired) electrons. The molecule has 0 aliphatic carbocycles. The van der Waals surface area contributed by atoms with Gasteiger partial charge in [0.2, 0.25) is 0 Å². The molecule has 92 valence electrons. The number of aliphatic hydroxyl groups excluding tert-OH is 1. The fraction of sp³-hybridized carbons (Fsp3) is 0.455. The molecule has 6 heteroatoms. The molecule has 0 spiro atoms. The van der Waals surface area contributed by atoms with Crippen LogP contribution in [-0.2, 0) is 0 Å². The Hall–Kier alpha value is -1.40. The summed E-state index contributed by atoms with van der Waals surface area (Å²) in [6.45, 7) is 0.954. The zero-order valence-corrected chi connectivity index (χ0v) is 9.94. The van der Waals surface area contributed by atoms with Crippen molar-refractivity contribution in [3.05, 3.63) is 21.9 Å². The number of nitrogens with zero attached hydrogens (tertiary/aromatic N) is 1. The van der Waals surface area contributed by atoms with Gasteiger partial charge in [0.25, 0.3) is 5.91 Å². The smallest absolute Gasteiger partial charge is 0.345 e. The number of aromatic carboxylic acids is 1. The number of piperidine rings is 1. The van der Waals surface area contributed by atoms with E-state index in [1.54, 1.807) is 4.90 Å². The normalized spacial score (nSPS) is 20.3. The second-order valence-electron chi connectivity index (χ2n) is 4.02. The van der Waals surface area contributed by atoms with Crippen LogP contribution in [0.1, 0.15) is 32.2 Å². The number of β-amino-alcohol motifs (C(OH)–C–C–N with tert-alkyl or cyclic N) is 1. The average molecular weight is 255 g/mol. The maximum absolute atomic E-state index is 12.0. The highest BCUT2D eigenvalue weighted by Crippen LogP contribution is 2.20. The molecular formula is C11H13NO4S. The molecule has 0 bridgehead atoms. The van der Waals surface area contributed by atoms with Gasteiger partial charge in [-0.25, -0.2) is 4.79 Å². The highest BCUT2D eigenvalue weighted by molar-refractivity contribution is 7.15. The number of carbonyl (C=O) groups is 2. The number of thiophene rings is 1. The maximum Gasteiger partial charge on any atom is 0.345 e. The van der Waals surface area contributed by atoms with Gasteiger partial charge in [-0.3, -0.25) is 4.79 Å². The van der Waals surface area contributed by atoms with E-state index in [-0.39, 0.29) is 10.8 Å². The summed E-state index contributed by atoms with van der Waals surface area (Å²) in [5.74, 6) is -1.21. The molecule has 2 heterocycles. The molecule has 1 aromatic heterocycles. The van der Waals surface area contributed by atoms with Gasteiger partial charge in [0.05, 0.1) is 11.0 Å². The first-order chi connectivity index (χ1) is 8.08. The SMILES string of the molecule is O=C(O)c1ccc(C(=O)N2CCCC(O)C2)s1. The second-order valence-corrected chi connectivity index (χ2v) is 5.10. The van der Waals surface area contributed by atoms with Gasteiger partial charge < -0.3 is 15.1 Å². The summed E-state index contributed by atoms with van der Waals surface area (Å²) in [5.41, 5.74) is 0. The first-order valence-corrected chi connectivity index (χ1v) is 6.20. The number of carboxylic acid groups (broad SMARTS) is 1. The Bertz CT molecular complexity index is 442. The molecule has 1 aliphatic rings. The van der Waals surface area contributed by atoms with E-state index in [1.165, 1.54) is 12.1 Å². The number of carboxylic acids is 1. The molecular weight excluding hydrogens is 242 g/mol. The third kappa shape index (κ3) is 2.65. The van der Waals surface area contributed by atoms with E-state index in [4.69, 9.17) is 5.11 Å². The van der Waals surface area contributed by atoms with Crippen molar-refractivity contribution in [2.45, 2.75) is 18.9 Å². The number of likely N-dealkylation sites (tertiary alicyclic amines) is 1. The van der Waals surface area contributed by atoms with Gasteiger partial charge >= 0.3 is 5.97 Å². The van der Waals surface area contributed by atoms with Crippen LogP contribution < -0.4 is 0 Å². The predicted molar refractivity (Wildman–Crippen MR) is 62.4 cm³/mol. The van der Waals surface area contributed by atoms with E-state index in [0.717, 1.165) is 17.8 Å². The summed E-state index contributed by atoms with van der Waals surface area (Å²) in [6, 6.07) is 2.96. The van der Waals surface area contributed by atoms with E-state index in [9.17, 15) is 14.7 Å². The maximum atomic E-state index is 12.0. The number of rotatable bonds is 2. The molecule has 1 unspecified atom stereocenters. The fourth-order valence-corrected chi connectivity index (χ4v) is 2.68. The molecule has 1 amide bonds. The first-order valence-electron chi connectivity index (χ1n) is 5.38. The molecule has 2 N–H and O–H groups in total. The van der Waals surface area contributed by atoms with Gasteiger partial charge in [-0.05, 0) is 25.0 Å². The van der Waals surface area contributed by atoms with Crippen LogP contribution in [-0.4, -0.2) is 46.2 Å². The number of hydrogen-bond acceptors (Lipinski definition) is 4. The highest BCUT2D eigenvalue weighted by Gasteiger charge is 2.24. The van der Waals surface area contributed by atoms with Crippen LogP contribution in [0, 0.1) is 0 Å². The van der Waals surface area contributed by atoms with Crippen molar-refractivity contribution in [1.82, 2.24) is 4.90 Å². The van der Waals surface area contributed by atoms with Gasteiger partial charge in [-0.1, -0.05) is 0 Å². The lowest BCUT2D eigenvalue weighted by Gasteiger charge is -2.29. The van der Waals surface area contributed by atoms with Gasteiger partial charge in [0.1, 0.15) is 4.88 Å². The summed E-state index contributed by atoms with van der Waals surface area (Å²) in [5, 5.41) is 18.3. The van der Waals surface area contributed by atoms with Crippen molar-refractivity contribution >= 4 is 23.2 Å². The van der Waals surface area contributed by atoms with E-state index in [1.807, 2.05) is 0 Å². The Kier molecular flexibility index (Phi) is 3.44. The fourth-order valence-electron chi connectivity index (χ4n) is 1.86. The summed E-state index contributed by atoms with van der Waals surface area (Å²) >= 11 is 0.972. The Morgan fingerprint density at radius 1 is 1.35 bits per heavy atom. The van der Waals surface area contributed by atoms with Crippen molar-refractivity contribution < 1.29 is 19.8 Å². The average Bonchev–Trinajstić information content (AvgIpc) is 2.77. The Morgan fingerprint density at radius 3 is 2.65 bits per heavy atom. The lowest BCUT2D eigenvalue weighted by molar-refractivity contribution is 0.0478. The van der Waals surface area contributed by atoms with Crippen LogP contribution in [0.5, 0.6) is 0 Å². The molecule has 1 aromatic rings. The molecule has 1 fully saturated rings. The third-order valence-corrected chi connectivity index (χ3v) is 3.77. The van der Waals surface area contributed by atoms with Crippen molar-refractivity contribution in [3.8, 4) is 0 Å². The summed E-state index contributed by atoms with van der Waals surface area (Å²) in [6.07, 6.45) is 1.03. The number of aliphatic hydroxyl groups is 1. The molecule has 1 aliphatic heterocycles. The van der Waals surface area contributed by atoms with Crippen molar-refractivity contribution in [1.29, 1.82) is 0 Å². The minimum Gasteiger partial charge on any atom is -0.477 e. The first kappa shape index (κ1) is 12.1. The summed E-state index contributed by atoms with van der Waals surface area (Å²) in [4.78, 5) is 24.9. The van der Waals surface area contributed by atoms with E-state index in [0.29, 0.717) is 24.4 Å². The second kappa shape index (κ2) is 4.85. The number of hydrogen-bond donors (Lipinski definition) is 2. The molecule has 17 heavy (non-hydrogen) atoms. The molecule has 5 nitrogen and oxygen atoms in total. The van der Waals surface area contributed by atoms with Crippen LogP contribution in [0.15, 0.2) is 12.1 Å². The Morgan fingerprint density at radius 2 is 2.06 bits per heavy atom. The zero-order valence-electron chi connectivity index (χ0n) is 9.13. The zero-order chi connectivity index (χ0) is 12.4. The standard InChI is InChI=1S/C11H13NO4S/c13-7-2-1-5-12(6-7)10(14)8-3-4-9(17-8)11(15)16/h3-4,7,13H,1-2,5-6H2,(H,15,16). The molecule has 1 atom stereocenters. The van der Waals surface area contributed by atoms with E-state index >= 15 is 0 Å². The number of carbonyl (C=O) groups excluding carboxylic acids is 1. The van der Waals surface area contributed by atoms with Crippen LogP contribution in [0.2, 0.25) is 0 Å². The Labute approximate surface area is 102 Å². The van der Waals surface area contributed by atoms with Crippen molar-refractivity contribution in [2.75, 3.05) is 13.1 Å². The van der Waals surface area contributed by atoms with E-state index in [2.05, 4.69) is 0 Å². The number of amides is 1. The van der Waals surface area contributed by atoms with Gasteiger partial charge in [0, 0.05) is 13.1 Å². The molecule has 2 rings (SSSR count). The highest BCUT2D eigenvalue weighted by atomic mass is 32.1. The quantitative estimate of drug-likeness (QED) is 0.827. The van der Waals surface area contributed by atoms with E-state index < -0.39 is 12.1 Å². The largest absolute Gasteiger partial charge is 0.477 e. The molecule has 0 aromatic carbocycles. The van der Waals surface area contributed by atoms with Crippen LogP contribution in [0.25, 0.3) is 0 Å². The summed E-state index contributed by atoms with van der Waals surface area (Å²) < 4.78 is 0. The predicted octanol–water partition coefficient (Wildman–Crippen LogP) is 1.04. The van der Waals surface area contributed by atoms with Gasteiger partial charge in [0.15, 0.2) is 0 Å². The minimum atomic E-state index is -1.02. The van der Waals surface area contributed by atoms with Crippen LogP contribution >= 0.6 is 11.3 Å². The summed E-state index contributed by atoms with van der Waals surface area (Å²) in [7, 11) is 0. The lowest BCUT2D eigenvalue weighted by Crippen LogP contribution is -2.41. The van der Waals surface area contributed by atoms with Gasteiger partial charge in [-0.2, -0.15) is 0 Å². The van der Waals surface area contributed by atoms with Crippen LogP contribution in [0.4, 0.5) is 0 Å². The monoisotopic (exact) mass is 255 g/mol. The lowest BCUT2D eigenvalue weighted by atomic mass is 10.1. The van der Waals surface area contributed by atoms with Crippen molar-refractivity contribution in [3.63, 3.8) is 0 Å². The topological polar surface area (TPSA) is 77.8 Å². The van der Waals surface area contributed by atoms with Crippen LogP contribution in [0.3, 0.4) is 0 Å². The molecule has 1 saturated heterocycles. The van der Waals surface area contributed by atoms with Crippen molar-refractivity contribution in [2.24, 2.45) is 0 Å². The van der Waals surface area contributed by atoms with Gasteiger partial charge in [-0.15, -0.1) is 11.3 Å². The Balaban J connectivity index is 2.10. The third-order valence-electron chi connectivity index (χ3n) is 2.71. The molecule has 0 saturated carbocycles. The minimum absolute atomic E-state index is 0.158.